The molecule has 170 valence electrons. The van der Waals surface area contributed by atoms with E-state index < -0.39 is 5.97 Å². The third-order valence-corrected chi connectivity index (χ3v) is 5.53. The van der Waals surface area contributed by atoms with Gasteiger partial charge in [-0.25, -0.2) is 9.78 Å². The summed E-state index contributed by atoms with van der Waals surface area (Å²) >= 11 is 6.30. The number of carbonyl (C=O) groups is 1. The fourth-order valence-electron chi connectivity index (χ4n) is 3.40. The molecule has 8 nitrogen and oxygen atoms in total. The fourth-order valence-corrected chi connectivity index (χ4v) is 3.54. The smallest absolute Gasteiger partial charge is 0.335 e. The van der Waals surface area contributed by atoms with Crippen LogP contribution < -0.4 is 20.3 Å². The summed E-state index contributed by atoms with van der Waals surface area (Å²) in [5, 5.41) is 6.64. The van der Waals surface area contributed by atoms with Crippen molar-refractivity contribution in [2.24, 2.45) is 0 Å². The molecule has 33 heavy (non-hydrogen) atoms. The van der Waals surface area contributed by atoms with Gasteiger partial charge in [0.1, 0.15) is 5.02 Å². The highest BCUT2D eigenvalue weighted by atomic mass is 35.5. The van der Waals surface area contributed by atoms with Gasteiger partial charge in [0.15, 0.2) is 11.6 Å². The number of likely N-dealkylation sites (N-methyl/N-ethyl adjacent to an activating group) is 1. The summed E-state index contributed by atoms with van der Waals surface area (Å²) in [5.41, 5.74) is 2.59. The zero-order chi connectivity index (χ0) is 23.2. The predicted octanol–water partition coefficient (Wildman–Crippen LogP) is 4.46. The minimum Gasteiger partial charge on any atom is -0.421 e. The first-order valence-corrected chi connectivity index (χ1v) is 10.9. The van der Waals surface area contributed by atoms with Gasteiger partial charge in [0.05, 0.1) is 11.9 Å². The molecule has 0 aliphatic carbocycles. The van der Waals surface area contributed by atoms with Crippen molar-refractivity contribution < 1.29 is 9.53 Å². The minimum absolute atomic E-state index is 0.329. The van der Waals surface area contributed by atoms with E-state index in [0.717, 1.165) is 37.9 Å². The quantitative estimate of drug-likeness (QED) is 0.301. The van der Waals surface area contributed by atoms with Gasteiger partial charge in [0.2, 0.25) is 5.95 Å². The summed E-state index contributed by atoms with van der Waals surface area (Å²) in [6.07, 6.45) is 2.61. The van der Waals surface area contributed by atoms with Gasteiger partial charge in [-0.3, -0.25) is 0 Å². The van der Waals surface area contributed by atoms with Gasteiger partial charge in [0, 0.05) is 43.6 Å². The highest BCUT2D eigenvalue weighted by Gasteiger charge is 2.14. The Morgan fingerprint density at radius 2 is 1.82 bits per heavy atom. The number of aromatic nitrogens is 2. The average Bonchev–Trinajstić information content (AvgIpc) is 2.83. The van der Waals surface area contributed by atoms with Crippen molar-refractivity contribution in [3.05, 3.63) is 72.4 Å². The van der Waals surface area contributed by atoms with Crippen LogP contribution in [0, 0.1) is 0 Å². The van der Waals surface area contributed by atoms with Crippen molar-refractivity contribution in [2.45, 2.75) is 0 Å². The molecular weight excluding hydrogens is 440 g/mol. The average molecular weight is 465 g/mol. The molecule has 1 aliphatic heterocycles. The summed E-state index contributed by atoms with van der Waals surface area (Å²) < 4.78 is 5.27. The molecule has 0 saturated carbocycles. The second-order valence-electron chi connectivity index (χ2n) is 7.60. The SMILES string of the molecule is C=CC(=O)Oc1ccccc1Nc1nc(Nc2ccc(N3CCN(C)CC3)cc2)ncc1Cl. The summed E-state index contributed by atoms with van der Waals surface area (Å²) in [6, 6.07) is 15.2. The number of piperazine rings is 1. The second-order valence-corrected chi connectivity index (χ2v) is 8.01. The standard InChI is InChI=1S/C24H25ClN6O2/c1-3-22(32)33-21-7-5-4-6-20(21)28-23-19(25)16-26-24(29-23)27-17-8-10-18(11-9-17)31-14-12-30(2)13-15-31/h3-11,16H,1,12-15H2,2H3,(H2,26,27,28,29). The number of hydrogen-bond donors (Lipinski definition) is 2. The highest BCUT2D eigenvalue weighted by molar-refractivity contribution is 6.33. The third kappa shape index (κ3) is 5.79. The molecule has 2 N–H and O–H groups in total. The van der Waals surface area contributed by atoms with Gasteiger partial charge in [-0.15, -0.1) is 0 Å². The van der Waals surface area contributed by atoms with Gasteiger partial charge < -0.3 is 25.2 Å². The lowest BCUT2D eigenvalue weighted by atomic mass is 10.2. The molecule has 0 spiro atoms. The van der Waals surface area contributed by atoms with Crippen LogP contribution in [0.15, 0.2) is 67.4 Å². The van der Waals surface area contributed by atoms with E-state index in [9.17, 15) is 4.79 Å². The van der Waals surface area contributed by atoms with Crippen LogP contribution in [0.25, 0.3) is 0 Å². The lowest BCUT2D eigenvalue weighted by Crippen LogP contribution is -2.44. The summed E-state index contributed by atoms with van der Waals surface area (Å²) in [6.45, 7) is 7.57. The Hall–Kier alpha value is -3.62. The zero-order valence-corrected chi connectivity index (χ0v) is 19.0. The number of nitrogens with one attached hydrogen (secondary N) is 2. The fraction of sp³-hybridized carbons (Fsp3) is 0.208. The van der Waals surface area contributed by atoms with Crippen LogP contribution in [0.5, 0.6) is 5.75 Å². The van der Waals surface area contributed by atoms with E-state index in [2.05, 4.69) is 56.2 Å². The van der Waals surface area contributed by atoms with E-state index in [0.29, 0.717) is 28.2 Å². The van der Waals surface area contributed by atoms with E-state index in [1.807, 2.05) is 18.2 Å². The number of halogens is 1. The summed E-state index contributed by atoms with van der Waals surface area (Å²) in [5.74, 6) is 0.548. The van der Waals surface area contributed by atoms with Gasteiger partial charge in [-0.05, 0) is 43.4 Å². The number of para-hydroxylation sites is 2. The number of esters is 1. The molecular formula is C24H25ClN6O2. The number of benzene rings is 2. The van der Waals surface area contributed by atoms with E-state index in [1.54, 1.807) is 18.2 Å². The van der Waals surface area contributed by atoms with Gasteiger partial charge in [-0.1, -0.05) is 30.3 Å². The number of rotatable bonds is 7. The molecule has 3 aromatic rings. The molecule has 2 heterocycles. The topological polar surface area (TPSA) is 82.6 Å². The highest BCUT2D eigenvalue weighted by Crippen LogP contribution is 2.31. The molecule has 2 aromatic carbocycles. The monoisotopic (exact) mass is 464 g/mol. The first-order valence-electron chi connectivity index (χ1n) is 10.6. The minimum atomic E-state index is -0.555. The van der Waals surface area contributed by atoms with Crippen LogP contribution in [-0.2, 0) is 4.79 Å². The van der Waals surface area contributed by atoms with Crippen molar-refractivity contribution >= 4 is 46.4 Å². The van der Waals surface area contributed by atoms with Crippen molar-refractivity contribution in [2.75, 3.05) is 48.8 Å². The molecule has 0 radical (unpaired) electrons. The Morgan fingerprint density at radius 1 is 1.09 bits per heavy atom. The normalized spacial score (nSPS) is 13.9. The van der Waals surface area contributed by atoms with Gasteiger partial charge in [0.25, 0.3) is 0 Å². The summed E-state index contributed by atoms with van der Waals surface area (Å²) in [4.78, 5) is 25.1. The Labute approximate surface area is 197 Å². The number of carbonyl (C=O) groups excluding carboxylic acids is 1. The van der Waals surface area contributed by atoms with E-state index in [-0.39, 0.29) is 0 Å². The molecule has 1 aliphatic rings. The lowest BCUT2D eigenvalue weighted by molar-refractivity contribution is -0.128. The van der Waals surface area contributed by atoms with E-state index in [1.165, 1.54) is 11.9 Å². The van der Waals surface area contributed by atoms with Crippen LogP contribution in [0.1, 0.15) is 0 Å². The van der Waals surface area contributed by atoms with Crippen molar-refractivity contribution in [3.8, 4) is 5.75 Å². The van der Waals surface area contributed by atoms with Crippen LogP contribution in [-0.4, -0.2) is 54.1 Å². The molecule has 0 atom stereocenters. The molecule has 0 amide bonds. The van der Waals surface area contributed by atoms with Gasteiger partial charge >= 0.3 is 5.97 Å². The van der Waals surface area contributed by atoms with Crippen molar-refractivity contribution in [1.29, 1.82) is 0 Å². The molecule has 4 rings (SSSR count). The molecule has 0 bridgehead atoms. The number of anilines is 5. The van der Waals surface area contributed by atoms with Crippen LogP contribution in [0.3, 0.4) is 0 Å². The Bertz CT molecular complexity index is 1130. The van der Waals surface area contributed by atoms with Crippen molar-refractivity contribution in [1.82, 2.24) is 14.9 Å². The maximum absolute atomic E-state index is 11.6. The zero-order valence-electron chi connectivity index (χ0n) is 18.3. The van der Waals surface area contributed by atoms with E-state index in [4.69, 9.17) is 16.3 Å². The Balaban J connectivity index is 1.47. The lowest BCUT2D eigenvalue weighted by Gasteiger charge is -2.34. The van der Waals surface area contributed by atoms with Gasteiger partial charge in [-0.2, -0.15) is 4.98 Å². The maximum atomic E-state index is 11.6. The molecule has 9 heteroatoms. The van der Waals surface area contributed by atoms with Crippen molar-refractivity contribution in [3.63, 3.8) is 0 Å². The van der Waals surface area contributed by atoms with Crippen LogP contribution in [0.4, 0.5) is 28.8 Å². The Kier molecular flexibility index (Phi) is 7.07. The third-order valence-electron chi connectivity index (χ3n) is 5.25. The summed E-state index contributed by atoms with van der Waals surface area (Å²) in [7, 11) is 2.14. The second kappa shape index (κ2) is 10.3. The molecule has 0 unspecified atom stereocenters. The number of ether oxygens (including phenoxy) is 1. The number of hydrogen-bond acceptors (Lipinski definition) is 8. The number of nitrogens with zero attached hydrogens (tertiary/aromatic N) is 4. The van der Waals surface area contributed by atoms with E-state index >= 15 is 0 Å². The molecule has 1 saturated heterocycles. The maximum Gasteiger partial charge on any atom is 0.335 e. The Morgan fingerprint density at radius 3 is 2.55 bits per heavy atom. The first kappa shape index (κ1) is 22.6. The molecule has 1 aromatic heterocycles. The predicted molar refractivity (Wildman–Crippen MR) is 132 cm³/mol. The molecule has 1 fully saturated rings. The first-order chi connectivity index (χ1) is 16.0. The van der Waals surface area contributed by atoms with Crippen LogP contribution >= 0.6 is 11.6 Å². The van der Waals surface area contributed by atoms with Crippen LogP contribution in [0.2, 0.25) is 5.02 Å². The largest absolute Gasteiger partial charge is 0.421 e.